The molecule has 2 unspecified atom stereocenters. The van der Waals surface area contributed by atoms with Crippen LogP contribution in [-0.2, 0) is 4.79 Å². The maximum absolute atomic E-state index is 12.5. The average Bonchev–Trinajstić information content (AvgIpc) is 2.87. The Balaban J connectivity index is 1.66. The molecule has 22 heavy (non-hydrogen) atoms. The van der Waals surface area contributed by atoms with Crippen molar-refractivity contribution in [2.24, 2.45) is 0 Å². The highest BCUT2D eigenvalue weighted by atomic mass is 35.5. The summed E-state index contributed by atoms with van der Waals surface area (Å²) in [5.74, 6) is 0.616. The first-order valence-corrected chi connectivity index (χ1v) is 9.00. The summed E-state index contributed by atoms with van der Waals surface area (Å²) in [4.78, 5) is 22.2. The van der Waals surface area contributed by atoms with Gasteiger partial charge in [-0.15, -0.1) is 0 Å². The zero-order valence-corrected chi connectivity index (χ0v) is 14.4. The van der Waals surface area contributed by atoms with E-state index in [0.717, 1.165) is 29.0 Å². The molecule has 1 fully saturated rings. The highest BCUT2D eigenvalue weighted by Gasteiger charge is 2.28. The molecular weight excluding hydrogens is 318 g/mol. The molecule has 1 N–H and O–H groups in total. The molecule has 6 heteroatoms. The number of carbonyl (C=O) groups excluding carboxylic acids is 1. The van der Waals surface area contributed by atoms with E-state index >= 15 is 0 Å². The van der Waals surface area contributed by atoms with Crippen LogP contribution >= 0.6 is 23.4 Å². The van der Waals surface area contributed by atoms with E-state index in [1.54, 1.807) is 0 Å². The lowest BCUT2D eigenvalue weighted by Gasteiger charge is -2.39. The van der Waals surface area contributed by atoms with Crippen molar-refractivity contribution >= 4 is 40.3 Å². The van der Waals surface area contributed by atoms with E-state index in [1.807, 2.05) is 23.1 Å². The fraction of sp³-hybridized carbons (Fsp3) is 0.500. The SMILES string of the molecule is CC1CCCC(C)N1C(=O)CSc1nc2ccc(Cl)cc2[nH]1. The van der Waals surface area contributed by atoms with Crippen molar-refractivity contribution in [2.45, 2.75) is 50.4 Å². The van der Waals surface area contributed by atoms with Crippen molar-refractivity contribution in [3.63, 3.8) is 0 Å². The minimum atomic E-state index is 0.197. The van der Waals surface area contributed by atoms with Gasteiger partial charge in [0.15, 0.2) is 5.16 Å². The number of carbonyl (C=O) groups is 1. The van der Waals surface area contributed by atoms with Gasteiger partial charge in [-0.25, -0.2) is 4.98 Å². The van der Waals surface area contributed by atoms with Crippen LogP contribution in [0.5, 0.6) is 0 Å². The van der Waals surface area contributed by atoms with Gasteiger partial charge in [-0.1, -0.05) is 23.4 Å². The van der Waals surface area contributed by atoms with Gasteiger partial charge < -0.3 is 9.88 Å². The van der Waals surface area contributed by atoms with Gasteiger partial charge in [-0.2, -0.15) is 0 Å². The molecule has 1 aromatic heterocycles. The zero-order chi connectivity index (χ0) is 15.7. The largest absolute Gasteiger partial charge is 0.337 e. The topological polar surface area (TPSA) is 49.0 Å². The lowest BCUT2D eigenvalue weighted by atomic mass is 9.98. The first kappa shape index (κ1) is 15.7. The van der Waals surface area contributed by atoms with Gasteiger partial charge in [-0.05, 0) is 51.3 Å². The number of benzene rings is 1. The number of halogens is 1. The van der Waals surface area contributed by atoms with Crippen molar-refractivity contribution < 1.29 is 4.79 Å². The number of rotatable bonds is 3. The van der Waals surface area contributed by atoms with Crippen LogP contribution in [0.3, 0.4) is 0 Å². The highest BCUT2D eigenvalue weighted by Crippen LogP contribution is 2.26. The molecule has 1 aliphatic heterocycles. The van der Waals surface area contributed by atoms with E-state index in [2.05, 4.69) is 23.8 Å². The molecular formula is C16H20ClN3OS. The first-order valence-electron chi connectivity index (χ1n) is 7.64. The monoisotopic (exact) mass is 337 g/mol. The summed E-state index contributed by atoms with van der Waals surface area (Å²) in [6, 6.07) is 6.23. The predicted octanol–water partition coefficient (Wildman–Crippen LogP) is 4.10. The molecule has 0 radical (unpaired) electrons. The van der Waals surface area contributed by atoms with Gasteiger partial charge in [-0.3, -0.25) is 4.79 Å². The maximum Gasteiger partial charge on any atom is 0.233 e. The van der Waals surface area contributed by atoms with Gasteiger partial charge in [0.25, 0.3) is 0 Å². The Kier molecular flexibility index (Phi) is 4.64. The van der Waals surface area contributed by atoms with Crippen LogP contribution in [0.15, 0.2) is 23.4 Å². The number of piperidine rings is 1. The van der Waals surface area contributed by atoms with E-state index in [0.29, 0.717) is 22.9 Å². The second-order valence-corrected chi connectivity index (χ2v) is 7.32. The number of amides is 1. The minimum Gasteiger partial charge on any atom is -0.337 e. The molecule has 0 spiro atoms. The molecule has 0 aliphatic carbocycles. The summed E-state index contributed by atoms with van der Waals surface area (Å²) >= 11 is 7.43. The Morgan fingerprint density at radius 3 is 2.86 bits per heavy atom. The number of nitrogens with zero attached hydrogens (tertiary/aromatic N) is 2. The third kappa shape index (κ3) is 3.25. The van der Waals surface area contributed by atoms with Crippen molar-refractivity contribution in [2.75, 3.05) is 5.75 Å². The Morgan fingerprint density at radius 1 is 1.41 bits per heavy atom. The van der Waals surface area contributed by atoms with E-state index < -0.39 is 0 Å². The van der Waals surface area contributed by atoms with E-state index in [9.17, 15) is 4.79 Å². The van der Waals surface area contributed by atoms with Crippen molar-refractivity contribution in [3.8, 4) is 0 Å². The third-order valence-corrected chi connectivity index (χ3v) is 5.33. The standard InChI is InChI=1S/C16H20ClN3OS/c1-10-4-3-5-11(2)20(10)15(21)9-22-16-18-13-7-6-12(17)8-14(13)19-16/h6-8,10-11H,3-5,9H2,1-2H3,(H,18,19). The summed E-state index contributed by atoms with van der Waals surface area (Å²) in [6.07, 6.45) is 3.41. The van der Waals surface area contributed by atoms with Crippen LogP contribution in [0, 0.1) is 0 Å². The minimum absolute atomic E-state index is 0.197. The van der Waals surface area contributed by atoms with Crippen LogP contribution in [-0.4, -0.2) is 38.6 Å². The Hall–Kier alpha value is -1.20. The second kappa shape index (κ2) is 6.50. The lowest BCUT2D eigenvalue weighted by molar-refractivity contribution is -0.134. The number of imidazole rings is 1. The lowest BCUT2D eigenvalue weighted by Crippen LogP contribution is -2.48. The molecule has 2 heterocycles. The van der Waals surface area contributed by atoms with Crippen molar-refractivity contribution in [3.05, 3.63) is 23.2 Å². The molecule has 1 aliphatic rings. The number of hydrogen-bond donors (Lipinski definition) is 1. The van der Waals surface area contributed by atoms with E-state index in [1.165, 1.54) is 18.2 Å². The fourth-order valence-corrected chi connectivity index (χ4v) is 4.07. The van der Waals surface area contributed by atoms with E-state index in [4.69, 9.17) is 11.6 Å². The summed E-state index contributed by atoms with van der Waals surface area (Å²) in [5, 5.41) is 1.45. The zero-order valence-electron chi connectivity index (χ0n) is 12.8. The van der Waals surface area contributed by atoms with Crippen molar-refractivity contribution in [1.29, 1.82) is 0 Å². The average molecular weight is 338 g/mol. The van der Waals surface area contributed by atoms with Crippen LogP contribution in [0.2, 0.25) is 5.02 Å². The molecule has 4 nitrogen and oxygen atoms in total. The molecule has 0 bridgehead atoms. The molecule has 0 saturated carbocycles. The fourth-order valence-electron chi connectivity index (χ4n) is 3.14. The summed E-state index contributed by atoms with van der Waals surface area (Å²) in [7, 11) is 0. The van der Waals surface area contributed by atoms with Gasteiger partial charge in [0.2, 0.25) is 5.91 Å². The summed E-state index contributed by atoms with van der Waals surface area (Å²) < 4.78 is 0. The van der Waals surface area contributed by atoms with E-state index in [-0.39, 0.29) is 5.91 Å². The van der Waals surface area contributed by atoms with Gasteiger partial charge in [0.05, 0.1) is 16.8 Å². The number of likely N-dealkylation sites (tertiary alicyclic amines) is 1. The molecule has 3 rings (SSSR count). The molecule has 1 aromatic carbocycles. The number of aromatic amines is 1. The first-order chi connectivity index (χ1) is 10.5. The van der Waals surface area contributed by atoms with Gasteiger partial charge in [0, 0.05) is 17.1 Å². The normalized spacial score (nSPS) is 22.2. The number of nitrogens with one attached hydrogen (secondary N) is 1. The predicted molar refractivity (Wildman–Crippen MR) is 91.4 cm³/mol. The number of hydrogen-bond acceptors (Lipinski definition) is 3. The van der Waals surface area contributed by atoms with Crippen LogP contribution < -0.4 is 0 Å². The number of H-pyrrole nitrogens is 1. The molecule has 2 atom stereocenters. The van der Waals surface area contributed by atoms with Crippen molar-refractivity contribution in [1.82, 2.24) is 14.9 Å². The highest BCUT2D eigenvalue weighted by molar-refractivity contribution is 7.99. The Bertz CT molecular complexity index is 677. The summed E-state index contributed by atoms with van der Waals surface area (Å²) in [5.41, 5.74) is 1.78. The van der Waals surface area contributed by atoms with Gasteiger partial charge >= 0.3 is 0 Å². The van der Waals surface area contributed by atoms with Crippen LogP contribution in [0.1, 0.15) is 33.1 Å². The smallest absolute Gasteiger partial charge is 0.233 e. The summed E-state index contributed by atoms with van der Waals surface area (Å²) in [6.45, 7) is 4.28. The molecule has 2 aromatic rings. The van der Waals surface area contributed by atoms with Crippen LogP contribution in [0.4, 0.5) is 0 Å². The third-order valence-electron chi connectivity index (χ3n) is 4.24. The Labute approximate surface area is 139 Å². The maximum atomic E-state index is 12.5. The molecule has 118 valence electrons. The van der Waals surface area contributed by atoms with Crippen LogP contribution in [0.25, 0.3) is 11.0 Å². The number of thioether (sulfide) groups is 1. The Morgan fingerprint density at radius 2 is 2.14 bits per heavy atom. The number of aromatic nitrogens is 2. The molecule has 1 amide bonds. The second-order valence-electron chi connectivity index (χ2n) is 5.92. The quantitative estimate of drug-likeness (QED) is 0.858. The molecule has 1 saturated heterocycles. The number of fused-ring (bicyclic) bond motifs is 1. The van der Waals surface area contributed by atoms with Gasteiger partial charge in [0.1, 0.15) is 0 Å².